The van der Waals surface area contributed by atoms with Crippen LogP contribution < -0.4 is 0 Å². The number of methoxy groups -OCH3 is 1. The Morgan fingerprint density at radius 3 is 1.48 bits per heavy atom. The molecular weight excluding hydrogens is 430 g/mol. The summed E-state index contributed by atoms with van der Waals surface area (Å²) in [7, 11) is -4.82. The lowest BCUT2D eigenvalue weighted by Gasteiger charge is -2.29. The first-order valence-electron chi connectivity index (χ1n) is 6.84. The third-order valence-electron chi connectivity index (χ3n) is 3.73. The fourth-order valence-corrected chi connectivity index (χ4v) is 3.49. The third-order valence-corrected chi connectivity index (χ3v) is 6.22. The molecule has 4 nitrogen and oxygen atoms in total. The van der Waals surface area contributed by atoms with Crippen LogP contribution in [-0.4, -0.2) is 56.2 Å². The number of rotatable bonds is 8. The maximum absolute atomic E-state index is 13.0. The average Bonchev–Trinajstić information content (AvgIpc) is 2.47. The second-order valence-corrected chi connectivity index (χ2v) is 8.23. The van der Waals surface area contributed by atoms with Gasteiger partial charge in [0.1, 0.15) is 0 Å². The normalized spacial score (nSPS) is 16.7. The zero-order chi connectivity index (χ0) is 22.1. The highest BCUT2D eigenvalue weighted by molar-refractivity contribution is 7.93. The fourth-order valence-electron chi connectivity index (χ4n) is 1.77. The number of alkyl halides is 10. The highest BCUT2D eigenvalue weighted by Gasteiger charge is 2.61. The van der Waals surface area contributed by atoms with Crippen LogP contribution in [0.3, 0.4) is 0 Å². The topological polar surface area (TPSA) is 60.4 Å². The molecule has 0 saturated carbocycles. The van der Waals surface area contributed by atoms with Gasteiger partial charge in [-0.25, -0.2) is 8.42 Å². The number of carbonyl (C=O) groups is 1. The van der Waals surface area contributed by atoms with Crippen molar-refractivity contribution >= 4 is 15.8 Å². The molecule has 0 N–H and O–H groups in total. The van der Waals surface area contributed by atoms with Gasteiger partial charge in [-0.1, -0.05) is 0 Å². The Labute approximate surface area is 146 Å². The van der Waals surface area contributed by atoms with E-state index in [1.54, 1.807) is 0 Å². The molecule has 0 heterocycles. The number of halogens is 10. The first-order valence-corrected chi connectivity index (χ1v) is 8.50. The minimum absolute atomic E-state index is 0.312. The molecule has 162 valence electrons. The van der Waals surface area contributed by atoms with Gasteiger partial charge in [0, 0.05) is 12.8 Å². The van der Waals surface area contributed by atoms with Crippen molar-refractivity contribution in [3.8, 4) is 0 Å². The van der Waals surface area contributed by atoms with Crippen molar-refractivity contribution in [1.29, 1.82) is 0 Å². The van der Waals surface area contributed by atoms with Crippen LogP contribution in [0.5, 0.6) is 0 Å². The van der Waals surface area contributed by atoms with E-state index >= 15 is 0 Å². The summed E-state index contributed by atoms with van der Waals surface area (Å²) in [4.78, 5) is 11.6. The molecule has 0 rings (SSSR count). The predicted molar refractivity (Wildman–Crippen MR) is 70.1 cm³/mol. The molecule has 1 atom stereocenters. The Morgan fingerprint density at radius 2 is 1.15 bits per heavy atom. The van der Waals surface area contributed by atoms with Gasteiger partial charge in [-0.05, 0) is 13.3 Å². The first kappa shape index (κ1) is 25.7. The number of carbonyl (C=O) groups excluding carboxylic acids is 1. The SMILES string of the molecule is COC(=O)C(C)(CCC(F)(F)C(F)(F)F)S(=O)(=O)CCC(F)(F)C(F)(F)F. The summed E-state index contributed by atoms with van der Waals surface area (Å²) < 4.78 is 150. The van der Waals surface area contributed by atoms with Gasteiger partial charge >= 0.3 is 30.2 Å². The standard InChI is InChI=1S/C12H14F10O4S/c1-8(7(23)26-2,3-4-9(13,14)11(17,18)19)27(24,25)6-5-10(15,16)12(20,21)22/h3-6H2,1-2H3. The van der Waals surface area contributed by atoms with Crippen LogP contribution in [0.15, 0.2) is 0 Å². The Balaban J connectivity index is 5.70. The average molecular weight is 444 g/mol. The Hall–Kier alpha value is -1.28. The molecule has 0 radical (unpaired) electrons. The van der Waals surface area contributed by atoms with Gasteiger partial charge in [-0.15, -0.1) is 0 Å². The number of sulfone groups is 1. The van der Waals surface area contributed by atoms with E-state index in [0.29, 0.717) is 14.0 Å². The van der Waals surface area contributed by atoms with Crippen LogP contribution in [0.4, 0.5) is 43.9 Å². The molecule has 0 saturated heterocycles. The van der Waals surface area contributed by atoms with Gasteiger partial charge in [-0.2, -0.15) is 43.9 Å². The molecule has 0 spiro atoms. The third kappa shape index (κ3) is 5.60. The van der Waals surface area contributed by atoms with Crippen molar-refractivity contribution < 1.29 is 61.9 Å². The molecule has 0 aliphatic heterocycles. The molecule has 27 heavy (non-hydrogen) atoms. The van der Waals surface area contributed by atoms with Crippen LogP contribution in [-0.2, 0) is 19.4 Å². The second-order valence-electron chi connectivity index (χ2n) is 5.70. The van der Waals surface area contributed by atoms with Crippen LogP contribution in [0.2, 0.25) is 0 Å². The smallest absolute Gasteiger partial charge is 0.453 e. The molecule has 0 fully saturated rings. The van der Waals surface area contributed by atoms with E-state index in [-0.39, 0.29) is 0 Å². The Morgan fingerprint density at radius 1 is 0.778 bits per heavy atom. The quantitative estimate of drug-likeness (QED) is 0.421. The Bertz CT molecular complexity index is 638. The van der Waals surface area contributed by atoms with Crippen molar-refractivity contribution in [3.63, 3.8) is 0 Å². The highest BCUT2D eigenvalue weighted by atomic mass is 32.2. The molecule has 0 aromatic rings. The van der Waals surface area contributed by atoms with Crippen molar-refractivity contribution in [2.75, 3.05) is 12.9 Å². The second kappa shape index (κ2) is 7.62. The number of hydrogen-bond acceptors (Lipinski definition) is 4. The molecule has 0 aromatic heterocycles. The summed E-state index contributed by atoms with van der Waals surface area (Å²) in [5.74, 6) is -14.8. The molecule has 0 aromatic carbocycles. The van der Waals surface area contributed by atoms with Gasteiger partial charge in [0.05, 0.1) is 12.9 Å². The molecule has 1 unspecified atom stereocenters. The highest BCUT2D eigenvalue weighted by Crippen LogP contribution is 2.43. The lowest BCUT2D eigenvalue weighted by atomic mass is 10.0. The minimum Gasteiger partial charge on any atom is -0.468 e. The number of hydrogen-bond donors (Lipinski definition) is 0. The molecule has 0 aliphatic rings. The van der Waals surface area contributed by atoms with Crippen LogP contribution in [0, 0.1) is 0 Å². The van der Waals surface area contributed by atoms with Gasteiger partial charge in [0.15, 0.2) is 14.6 Å². The summed E-state index contributed by atoms with van der Waals surface area (Å²) in [6, 6.07) is 0. The summed E-state index contributed by atoms with van der Waals surface area (Å²) in [6.45, 7) is 0.312. The van der Waals surface area contributed by atoms with E-state index < -0.39 is 69.8 Å². The van der Waals surface area contributed by atoms with Crippen LogP contribution >= 0.6 is 0 Å². The van der Waals surface area contributed by atoms with E-state index in [4.69, 9.17) is 0 Å². The first-order chi connectivity index (χ1) is 11.6. The molecule has 15 heteroatoms. The summed E-state index contributed by atoms with van der Waals surface area (Å²) in [5.41, 5.74) is 0. The molecule has 0 bridgehead atoms. The fraction of sp³-hybridized carbons (Fsp3) is 0.917. The van der Waals surface area contributed by atoms with E-state index in [1.165, 1.54) is 0 Å². The van der Waals surface area contributed by atoms with Crippen LogP contribution in [0.25, 0.3) is 0 Å². The summed E-state index contributed by atoms with van der Waals surface area (Å²) in [6.07, 6.45) is -18.6. The van der Waals surface area contributed by atoms with Gasteiger partial charge in [0.2, 0.25) is 0 Å². The maximum Gasteiger partial charge on any atom is 0.453 e. The number of esters is 1. The zero-order valence-electron chi connectivity index (χ0n) is 13.6. The molecule has 0 amide bonds. The molecular formula is C12H14F10O4S. The lowest BCUT2D eigenvalue weighted by molar-refractivity contribution is -0.285. The van der Waals surface area contributed by atoms with Gasteiger partial charge in [0.25, 0.3) is 0 Å². The van der Waals surface area contributed by atoms with Gasteiger partial charge < -0.3 is 4.74 Å². The summed E-state index contributed by atoms with van der Waals surface area (Å²) >= 11 is 0. The monoisotopic (exact) mass is 444 g/mol. The van der Waals surface area contributed by atoms with E-state index in [9.17, 15) is 57.1 Å². The predicted octanol–water partition coefficient (Wildman–Crippen LogP) is 3.90. The van der Waals surface area contributed by atoms with Crippen molar-refractivity contribution in [3.05, 3.63) is 0 Å². The Kier molecular flexibility index (Phi) is 7.26. The lowest BCUT2D eigenvalue weighted by Crippen LogP contribution is -2.49. The molecule has 0 aliphatic carbocycles. The number of ether oxygens (including phenoxy) is 1. The minimum atomic E-state index is -6.13. The van der Waals surface area contributed by atoms with E-state index in [2.05, 4.69) is 4.74 Å². The van der Waals surface area contributed by atoms with Crippen molar-refractivity contribution in [1.82, 2.24) is 0 Å². The van der Waals surface area contributed by atoms with E-state index in [1.807, 2.05) is 0 Å². The maximum atomic E-state index is 13.0. The summed E-state index contributed by atoms with van der Waals surface area (Å²) in [5, 5.41) is 0. The van der Waals surface area contributed by atoms with Crippen molar-refractivity contribution in [2.45, 2.75) is 55.1 Å². The van der Waals surface area contributed by atoms with Crippen molar-refractivity contribution in [2.24, 2.45) is 0 Å². The van der Waals surface area contributed by atoms with E-state index in [0.717, 1.165) is 0 Å². The largest absolute Gasteiger partial charge is 0.468 e. The van der Waals surface area contributed by atoms with Crippen LogP contribution in [0.1, 0.15) is 26.2 Å². The zero-order valence-corrected chi connectivity index (χ0v) is 14.5. The van der Waals surface area contributed by atoms with Gasteiger partial charge in [-0.3, -0.25) is 4.79 Å².